The zero-order valence-electron chi connectivity index (χ0n) is 4.13. The van der Waals surface area contributed by atoms with Crippen LogP contribution in [0.1, 0.15) is 6.42 Å². The topological polar surface area (TPSA) is 69.1 Å². The molecule has 0 aromatic carbocycles. The van der Waals surface area contributed by atoms with Crippen molar-refractivity contribution in [1.29, 1.82) is 0 Å². The molecule has 0 aliphatic carbocycles. The molecule has 0 saturated carbocycles. The van der Waals surface area contributed by atoms with Crippen LogP contribution in [0.25, 0.3) is 0 Å². The minimum Gasteiger partial charge on any atom is -0.330 e. The summed E-state index contributed by atoms with van der Waals surface area (Å²) in [5.41, 5.74) is 10.2. The summed E-state index contributed by atoms with van der Waals surface area (Å²) >= 11 is 0. The molecule has 0 amide bonds. The molecule has 0 aliphatic rings. The molecule has 3 heteroatoms. The highest BCUT2D eigenvalue weighted by atomic mass is 16.1. The zero-order chi connectivity index (χ0) is 5.70. The molecule has 0 aliphatic heterocycles. The number of hydrogen-bond acceptors (Lipinski definition) is 3. The largest absolute Gasteiger partial charge is 0.330 e. The Morgan fingerprint density at radius 1 is 1.71 bits per heavy atom. The van der Waals surface area contributed by atoms with E-state index in [0.29, 0.717) is 19.3 Å². The molecule has 0 bridgehead atoms. The lowest BCUT2D eigenvalue weighted by molar-refractivity contribution is -0.108. The van der Waals surface area contributed by atoms with Crippen LogP contribution in [0.3, 0.4) is 0 Å². The number of carbonyl (C=O) groups excluding carboxylic acids is 1. The fourth-order valence-electron chi connectivity index (χ4n) is 0.260. The van der Waals surface area contributed by atoms with Gasteiger partial charge in [0.25, 0.3) is 0 Å². The van der Waals surface area contributed by atoms with Gasteiger partial charge in [-0.25, -0.2) is 0 Å². The van der Waals surface area contributed by atoms with Crippen LogP contribution in [0.2, 0.25) is 0 Å². The Balaban J connectivity index is 2.98. The molecular weight excluding hydrogens is 92.1 g/mol. The van der Waals surface area contributed by atoms with Gasteiger partial charge in [-0.3, -0.25) is 0 Å². The average Bonchev–Trinajstić information content (AvgIpc) is 1.68. The first kappa shape index (κ1) is 6.59. The molecule has 0 radical (unpaired) electrons. The fraction of sp³-hybridized carbons (Fsp3) is 0.750. The van der Waals surface area contributed by atoms with Gasteiger partial charge in [-0.1, -0.05) is 0 Å². The molecule has 0 heterocycles. The molecule has 0 aromatic rings. The molecule has 0 unspecified atom stereocenters. The van der Waals surface area contributed by atoms with Crippen molar-refractivity contribution < 1.29 is 4.79 Å². The van der Waals surface area contributed by atoms with Crippen molar-refractivity contribution in [2.75, 3.05) is 6.54 Å². The van der Waals surface area contributed by atoms with E-state index in [9.17, 15) is 4.79 Å². The second-order valence-electron chi connectivity index (χ2n) is 1.38. The maximum absolute atomic E-state index is 9.71. The maximum atomic E-state index is 9.71. The summed E-state index contributed by atoms with van der Waals surface area (Å²) in [7, 11) is 0. The predicted octanol–water partition coefficient (Wildman–Crippen LogP) is -1.14. The lowest BCUT2D eigenvalue weighted by Crippen LogP contribution is -2.24. The summed E-state index contributed by atoms with van der Waals surface area (Å²) in [6.07, 6.45) is 1.29. The van der Waals surface area contributed by atoms with Gasteiger partial charge >= 0.3 is 0 Å². The highest BCUT2D eigenvalue weighted by Crippen LogP contribution is 1.75. The minimum atomic E-state index is -0.356. The molecule has 0 spiro atoms. The molecule has 0 rings (SSSR count). The molecule has 0 aromatic heterocycles. The Morgan fingerprint density at radius 3 is 2.43 bits per heavy atom. The van der Waals surface area contributed by atoms with Crippen molar-refractivity contribution in [3.63, 3.8) is 0 Å². The molecule has 42 valence electrons. The van der Waals surface area contributed by atoms with Crippen molar-refractivity contribution >= 4 is 6.29 Å². The van der Waals surface area contributed by atoms with Gasteiger partial charge in [-0.2, -0.15) is 0 Å². The molecule has 0 fully saturated rings. The van der Waals surface area contributed by atoms with Gasteiger partial charge in [-0.05, 0) is 13.0 Å². The van der Waals surface area contributed by atoms with Crippen molar-refractivity contribution in [2.24, 2.45) is 11.5 Å². The van der Waals surface area contributed by atoms with Crippen molar-refractivity contribution in [2.45, 2.75) is 12.5 Å². The lowest BCUT2D eigenvalue weighted by atomic mass is 10.2. The summed E-state index contributed by atoms with van der Waals surface area (Å²) in [5, 5.41) is 0. The van der Waals surface area contributed by atoms with Crippen LogP contribution in [0.15, 0.2) is 0 Å². The number of hydrogen-bond donors (Lipinski definition) is 2. The Hall–Kier alpha value is -0.410. The van der Waals surface area contributed by atoms with E-state index in [1.165, 1.54) is 0 Å². The summed E-state index contributed by atoms with van der Waals surface area (Å²) < 4.78 is 0. The first-order chi connectivity index (χ1) is 3.31. The number of carbonyl (C=O) groups is 1. The van der Waals surface area contributed by atoms with E-state index in [4.69, 9.17) is 11.5 Å². The van der Waals surface area contributed by atoms with Crippen LogP contribution in [0.5, 0.6) is 0 Å². The highest BCUT2D eigenvalue weighted by Gasteiger charge is 1.93. The summed E-state index contributed by atoms with van der Waals surface area (Å²) in [6.45, 7) is 0.486. The van der Waals surface area contributed by atoms with E-state index < -0.39 is 0 Å². The van der Waals surface area contributed by atoms with Crippen LogP contribution in [-0.2, 0) is 4.79 Å². The monoisotopic (exact) mass is 102 g/mol. The normalized spacial score (nSPS) is 13.4. The molecule has 3 nitrogen and oxygen atoms in total. The lowest BCUT2D eigenvalue weighted by Gasteiger charge is -1.95. The van der Waals surface area contributed by atoms with Crippen molar-refractivity contribution in [1.82, 2.24) is 0 Å². The van der Waals surface area contributed by atoms with Crippen molar-refractivity contribution in [3.05, 3.63) is 0 Å². The predicted molar refractivity (Wildman–Crippen MR) is 27.7 cm³/mol. The second kappa shape index (κ2) is 3.77. The Morgan fingerprint density at radius 2 is 2.29 bits per heavy atom. The third kappa shape index (κ3) is 3.42. The molecular formula is C4H10N2O. The van der Waals surface area contributed by atoms with E-state index in [1.54, 1.807) is 0 Å². The van der Waals surface area contributed by atoms with Gasteiger partial charge < -0.3 is 16.3 Å². The Labute approximate surface area is 42.7 Å². The van der Waals surface area contributed by atoms with Crippen LogP contribution in [0.4, 0.5) is 0 Å². The average molecular weight is 102 g/mol. The molecule has 7 heavy (non-hydrogen) atoms. The van der Waals surface area contributed by atoms with E-state index in [2.05, 4.69) is 0 Å². The fourth-order valence-corrected chi connectivity index (χ4v) is 0.260. The number of nitrogens with two attached hydrogens (primary N) is 2. The van der Waals surface area contributed by atoms with Gasteiger partial charge in [0.05, 0.1) is 6.04 Å². The SMILES string of the molecule is NCC[C@H](N)C=O. The molecule has 1 atom stereocenters. The zero-order valence-corrected chi connectivity index (χ0v) is 4.13. The van der Waals surface area contributed by atoms with Crippen LogP contribution < -0.4 is 11.5 Å². The second-order valence-corrected chi connectivity index (χ2v) is 1.38. The molecule has 0 saturated heterocycles. The number of rotatable bonds is 3. The van der Waals surface area contributed by atoms with E-state index in [-0.39, 0.29) is 6.04 Å². The van der Waals surface area contributed by atoms with E-state index in [1.807, 2.05) is 0 Å². The van der Waals surface area contributed by atoms with Gasteiger partial charge in [0, 0.05) is 0 Å². The van der Waals surface area contributed by atoms with E-state index >= 15 is 0 Å². The quantitative estimate of drug-likeness (QED) is 0.442. The number of aldehydes is 1. The Kier molecular flexibility index (Phi) is 3.55. The van der Waals surface area contributed by atoms with Crippen LogP contribution in [-0.4, -0.2) is 18.9 Å². The minimum absolute atomic E-state index is 0.356. The van der Waals surface area contributed by atoms with Crippen LogP contribution in [0, 0.1) is 0 Å². The summed E-state index contributed by atoms with van der Waals surface area (Å²) in [4.78, 5) is 9.71. The Bertz CT molecular complexity index is 55.7. The first-order valence-electron chi connectivity index (χ1n) is 2.22. The smallest absolute Gasteiger partial charge is 0.136 e. The highest BCUT2D eigenvalue weighted by molar-refractivity contribution is 5.56. The standard InChI is InChI=1S/C4H10N2O/c5-2-1-4(6)3-7/h3-4H,1-2,5-6H2/t4-/m0/s1. The summed E-state index contributed by atoms with van der Waals surface area (Å²) in [6, 6.07) is -0.356. The van der Waals surface area contributed by atoms with Gasteiger partial charge in [0.1, 0.15) is 6.29 Å². The maximum Gasteiger partial charge on any atom is 0.136 e. The molecule has 4 N–H and O–H groups in total. The van der Waals surface area contributed by atoms with Gasteiger partial charge in [0.2, 0.25) is 0 Å². The van der Waals surface area contributed by atoms with Gasteiger partial charge in [0.15, 0.2) is 0 Å². The third-order valence-corrected chi connectivity index (χ3v) is 0.675. The van der Waals surface area contributed by atoms with Gasteiger partial charge in [-0.15, -0.1) is 0 Å². The first-order valence-corrected chi connectivity index (χ1v) is 2.22. The van der Waals surface area contributed by atoms with E-state index in [0.717, 1.165) is 0 Å². The van der Waals surface area contributed by atoms with Crippen molar-refractivity contribution in [3.8, 4) is 0 Å². The van der Waals surface area contributed by atoms with Crippen LogP contribution >= 0.6 is 0 Å². The third-order valence-electron chi connectivity index (χ3n) is 0.675. The summed E-state index contributed by atoms with van der Waals surface area (Å²) in [5.74, 6) is 0.